The van der Waals surface area contributed by atoms with Crippen LogP contribution in [-0.4, -0.2) is 34.6 Å². The summed E-state index contributed by atoms with van der Waals surface area (Å²) < 4.78 is 0. The fourth-order valence-corrected chi connectivity index (χ4v) is 5.77. The molecule has 1 radical (unpaired) electrons. The van der Waals surface area contributed by atoms with Gasteiger partial charge in [-0.2, -0.15) is 0 Å². The van der Waals surface area contributed by atoms with E-state index in [0.717, 1.165) is 83.9 Å². The number of aryl methyl sites for hydroxylation is 2. The molecule has 0 fully saturated rings. The second kappa shape index (κ2) is 21.6. The first-order valence-corrected chi connectivity index (χ1v) is 18.7. The molecule has 0 unspecified atom stereocenters. The Morgan fingerprint density at radius 3 is 1.27 bits per heavy atom. The zero-order valence-corrected chi connectivity index (χ0v) is 35.7. The second-order valence-corrected chi connectivity index (χ2v) is 16.7. The van der Waals surface area contributed by atoms with E-state index in [1.165, 1.54) is 11.1 Å². The molecule has 0 bridgehead atoms. The summed E-state index contributed by atoms with van der Waals surface area (Å²) in [7, 11) is 0. The third-order valence-corrected chi connectivity index (χ3v) is 8.58. The van der Waals surface area contributed by atoms with Crippen molar-refractivity contribution in [2.45, 2.75) is 120 Å². The van der Waals surface area contributed by atoms with Crippen molar-refractivity contribution in [3.05, 3.63) is 94.0 Å². The zero-order chi connectivity index (χ0) is 41.0. The molecule has 0 saturated carbocycles. The second-order valence-electron chi connectivity index (χ2n) is 16.7. The zero-order valence-electron chi connectivity index (χ0n) is 34.7. The molecule has 0 amide bonds. The number of carboxylic acids is 2. The van der Waals surface area contributed by atoms with Crippen molar-refractivity contribution in [2.24, 2.45) is 21.8 Å². The summed E-state index contributed by atoms with van der Waals surface area (Å²) in [6.45, 7) is 23.7. The summed E-state index contributed by atoms with van der Waals surface area (Å²) in [5, 5.41) is 42.4. The number of carboxylic acid groups (broad SMARTS) is 2. The number of hydrogen-bond acceptors (Lipinski definition) is 8. The van der Waals surface area contributed by atoms with Gasteiger partial charge in [-0.05, 0) is 103 Å². The molecular formula is C46H60CoN2O6. The Bertz CT molecular complexity index is 1800. The Kier molecular flexibility index (Phi) is 19.0. The summed E-state index contributed by atoms with van der Waals surface area (Å²) in [5.74, 6) is -0.401. The molecule has 299 valence electrons. The Balaban J connectivity index is 0.00000153. The maximum absolute atomic E-state index is 11.3. The molecule has 4 aromatic carbocycles. The van der Waals surface area contributed by atoms with Gasteiger partial charge in [-0.1, -0.05) is 106 Å². The van der Waals surface area contributed by atoms with Gasteiger partial charge in [0.1, 0.15) is 11.5 Å². The van der Waals surface area contributed by atoms with E-state index in [1.54, 1.807) is 12.4 Å². The van der Waals surface area contributed by atoms with Crippen LogP contribution in [0.4, 0.5) is 11.4 Å². The number of phenolic OH excluding ortho intramolecular Hbond substituents is 2. The Morgan fingerprint density at radius 2 is 0.982 bits per heavy atom. The largest absolute Gasteiger partial charge is 2.00 e. The van der Waals surface area contributed by atoms with Gasteiger partial charge in [-0.3, -0.25) is 9.98 Å². The molecule has 8 nitrogen and oxygen atoms in total. The molecule has 0 aliphatic rings. The molecule has 0 spiro atoms. The molecule has 0 saturated heterocycles. The van der Waals surface area contributed by atoms with Crippen molar-refractivity contribution >= 4 is 46.5 Å². The van der Waals surface area contributed by atoms with E-state index in [-0.39, 0.29) is 39.1 Å². The quantitative estimate of drug-likeness (QED) is 0.153. The van der Waals surface area contributed by atoms with Crippen molar-refractivity contribution in [1.82, 2.24) is 0 Å². The SMILES string of the molecule is CC(=O)[O-].CC(=O)[O-].CC(C)CCc1cc(C=Nc2cccc3cccc(N=Cc4cc(CCC(C)C)cc(C(C)(C)C)c4O)c23)c(O)c(C(C)(C)C)c1.[Co+2]. The van der Waals surface area contributed by atoms with Gasteiger partial charge in [0.05, 0.1) is 11.4 Å². The molecule has 0 atom stereocenters. The van der Waals surface area contributed by atoms with Crippen LogP contribution in [0.15, 0.2) is 70.6 Å². The molecule has 4 rings (SSSR count). The minimum Gasteiger partial charge on any atom is -0.550 e. The fourth-order valence-electron chi connectivity index (χ4n) is 5.77. The van der Waals surface area contributed by atoms with E-state index in [0.29, 0.717) is 11.8 Å². The van der Waals surface area contributed by atoms with E-state index in [2.05, 4.69) is 106 Å². The number of rotatable bonds is 10. The van der Waals surface area contributed by atoms with E-state index in [1.807, 2.05) is 24.3 Å². The van der Waals surface area contributed by atoms with E-state index >= 15 is 0 Å². The standard InChI is InChI=1S/C42H54N2O2.2C2H4O2.Co/c1-27(2)17-19-29-21-32(39(45)34(23-29)41(5,6)7)25-43-36-15-11-13-31-14-12-16-37(38(31)36)44-26-33-22-30(20-18-28(3)4)24-35(40(33)46)42(8,9)10;2*1-2(3)4;/h11-16,21-28,45-46H,17-20H2,1-10H3;2*1H3,(H,3,4);/q;;;+2/p-2. The van der Waals surface area contributed by atoms with E-state index in [9.17, 15) is 10.2 Å². The summed E-state index contributed by atoms with van der Waals surface area (Å²) >= 11 is 0. The molecule has 9 heteroatoms. The third-order valence-electron chi connectivity index (χ3n) is 8.58. The van der Waals surface area contributed by atoms with Crippen molar-refractivity contribution < 1.29 is 46.8 Å². The number of aromatic hydroxyl groups is 2. The van der Waals surface area contributed by atoms with Crippen LogP contribution in [0.2, 0.25) is 0 Å². The van der Waals surface area contributed by atoms with Gasteiger partial charge >= 0.3 is 16.8 Å². The molecule has 0 aliphatic heterocycles. The Hall–Kier alpha value is -4.47. The summed E-state index contributed by atoms with van der Waals surface area (Å²) in [4.78, 5) is 27.7. The molecule has 0 aliphatic carbocycles. The summed E-state index contributed by atoms with van der Waals surface area (Å²) in [6, 6.07) is 20.6. The van der Waals surface area contributed by atoms with Crippen molar-refractivity contribution in [1.29, 1.82) is 0 Å². The van der Waals surface area contributed by atoms with Crippen LogP contribution in [0.1, 0.15) is 129 Å². The van der Waals surface area contributed by atoms with Gasteiger partial charge in [0.2, 0.25) is 0 Å². The number of hydrogen-bond donors (Lipinski definition) is 2. The van der Waals surface area contributed by atoms with Gasteiger partial charge < -0.3 is 30.0 Å². The van der Waals surface area contributed by atoms with Gasteiger partial charge in [0.15, 0.2) is 0 Å². The van der Waals surface area contributed by atoms with Crippen LogP contribution in [0, 0.1) is 11.8 Å². The average molecular weight is 796 g/mol. The summed E-state index contributed by atoms with van der Waals surface area (Å²) in [5.41, 5.74) is 6.89. The van der Waals surface area contributed by atoms with Gasteiger partial charge in [0.25, 0.3) is 0 Å². The van der Waals surface area contributed by atoms with Gasteiger partial charge in [-0.15, -0.1) is 0 Å². The normalized spacial score (nSPS) is 11.7. The predicted molar refractivity (Wildman–Crippen MR) is 220 cm³/mol. The number of benzene rings is 4. The molecule has 0 aromatic heterocycles. The number of carbonyl (C=O) groups excluding carboxylic acids is 2. The number of phenols is 2. The number of carbonyl (C=O) groups is 2. The molecule has 0 heterocycles. The average Bonchev–Trinajstić information content (AvgIpc) is 3.04. The van der Waals surface area contributed by atoms with Gasteiger partial charge in [0, 0.05) is 52.0 Å². The van der Waals surface area contributed by atoms with Crippen LogP contribution in [0.5, 0.6) is 11.5 Å². The minimum absolute atomic E-state index is 0. The first-order chi connectivity index (χ1) is 25.0. The predicted octanol–water partition coefficient (Wildman–Crippen LogP) is 9.03. The van der Waals surface area contributed by atoms with Crippen LogP contribution in [0.25, 0.3) is 10.8 Å². The van der Waals surface area contributed by atoms with Crippen LogP contribution >= 0.6 is 0 Å². The molecule has 55 heavy (non-hydrogen) atoms. The monoisotopic (exact) mass is 795 g/mol. The smallest absolute Gasteiger partial charge is 0.550 e. The number of fused-ring (bicyclic) bond motifs is 1. The Labute approximate surface area is 339 Å². The fraction of sp³-hybridized carbons (Fsp3) is 0.435. The number of aliphatic carboxylic acids is 2. The molecule has 4 aromatic rings. The topological polar surface area (TPSA) is 145 Å². The van der Waals surface area contributed by atoms with E-state index in [4.69, 9.17) is 29.8 Å². The van der Waals surface area contributed by atoms with Crippen LogP contribution in [-0.2, 0) is 50.0 Å². The third kappa shape index (κ3) is 16.0. The van der Waals surface area contributed by atoms with Crippen molar-refractivity contribution in [3.63, 3.8) is 0 Å². The van der Waals surface area contributed by atoms with Crippen molar-refractivity contribution in [3.8, 4) is 11.5 Å². The summed E-state index contributed by atoms with van der Waals surface area (Å²) in [6.07, 6.45) is 7.66. The van der Waals surface area contributed by atoms with Gasteiger partial charge in [-0.25, -0.2) is 0 Å². The minimum atomic E-state index is -1.08. The first-order valence-electron chi connectivity index (χ1n) is 18.7. The Morgan fingerprint density at radius 1 is 0.655 bits per heavy atom. The number of nitrogens with zero attached hydrogens (tertiary/aromatic N) is 2. The van der Waals surface area contributed by atoms with Crippen molar-refractivity contribution in [2.75, 3.05) is 0 Å². The molecular weight excluding hydrogens is 735 g/mol. The maximum atomic E-state index is 11.3. The first kappa shape index (κ1) is 48.5. The number of aliphatic imine (C=N–C) groups is 2. The van der Waals surface area contributed by atoms with Crippen LogP contribution < -0.4 is 10.2 Å². The van der Waals surface area contributed by atoms with E-state index < -0.39 is 11.9 Å². The maximum Gasteiger partial charge on any atom is 2.00 e. The van der Waals surface area contributed by atoms with Crippen LogP contribution in [0.3, 0.4) is 0 Å². The molecule has 2 N–H and O–H groups in total.